The average molecular weight is 261 g/mol. The van der Waals surface area contributed by atoms with Crippen LogP contribution in [0.15, 0.2) is 0 Å². The zero-order chi connectivity index (χ0) is 12.0. The van der Waals surface area contributed by atoms with Gasteiger partial charge in [0.1, 0.15) is 0 Å². The van der Waals surface area contributed by atoms with Crippen molar-refractivity contribution in [3.05, 3.63) is 11.4 Å². The lowest BCUT2D eigenvalue weighted by atomic mass is 10.4. The summed E-state index contributed by atoms with van der Waals surface area (Å²) < 4.78 is 8.18. The lowest BCUT2D eigenvalue weighted by molar-refractivity contribution is -0.118. The molecule has 0 aromatic carbocycles. The summed E-state index contributed by atoms with van der Waals surface area (Å²) in [5, 5.41) is 11.6. The second-order valence-corrected chi connectivity index (χ2v) is 4.96. The summed E-state index contributed by atoms with van der Waals surface area (Å²) in [6.45, 7) is 3.85. The zero-order valence-corrected chi connectivity index (χ0v) is 10.9. The molecular formula is C9H15N3O2S2. The molecule has 16 heavy (non-hydrogen) atoms. The highest BCUT2D eigenvalue weighted by Gasteiger charge is 2.06. The molecule has 0 fully saturated rings. The van der Waals surface area contributed by atoms with Gasteiger partial charge in [0, 0.05) is 12.3 Å². The number of hydrogen-bond donors (Lipinski definition) is 2. The van der Waals surface area contributed by atoms with E-state index in [-0.39, 0.29) is 5.91 Å². The summed E-state index contributed by atoms with van der Waals surface area (Å²) in [5.41, 5.74) is 1.88. The molecule has 0 saturated heterocycles. The number of carbonyl (C=O) groups is 1. The Labute approximate surface area is 103 Å². The standard InChI is InChI=1S/C9H15N3O2S2/c1-6(13)3-10-9(14)5-15-4-8-7(2)11-16-12-8/h6,13H,3-5H2,1-2H3,(H,10,14). The SMILES string of the molecule is Cc1nsnc1CSCC(=O)NCC(C)O. The number of nitrogens with zero attached hydrogens (tertiary/aromatic N) is 2. The fourth-order valence-corrected chi connectivity index (χ4v) is 2.44. The third kappa shape index (κ3) is 4.91. The van der Waals surface area contributed by atoms with E-state index in [1.54, 1.807) is 6.92 Å². The first-order chi connectivity index (χ1) is 7.59. The van der Waals surface area contributed by atoms with Crippen LogP contribution in [0.3, 0.4) is 0 Å². The fraction of sp³-hybridized carbons (Fsp3) is 0.667. The number of hydrogen-bond acceptors (Lipinski definition) is 6. The van der Waals surface area contributed by atoms with Crippen molar-refractivity contribution in [2.75, 3.05) is 12.3 Å². The van der Waals surface area contributed by atoms with Crippen LogP contribution in [-0.2, 0) is 10.5 Å². The molecule has 1 rings (SSSR count). The number of rotatable bonds is 6. The number of aryl methyl sites for hydroxylation is 1. The van der Waals surface area contributed by atoms with Gasteiger partial charge in [0.15, 0.2) is 0 Å². The van der Waals surface area contributed by atoms with Crippen molar-refractivity contribution in [1.29, 1.82) is 0 Å². The van der Waals surface area contributed by atoms with Crippen LogP contribution in [0.25, 0.3) is 0 Å². The number of thioether (sulfide) groups is 1. The number of amides is 1. The van der Waals surface area contributed by atoms with Crippen LogP contribution in [0.5, 0.6) is 0 Å². The van der Waals surface area contributed by atoms with Crippen LogP contribution in [0.2, 0.25) is 0 Å². The molecule has 0 saturated carbocycles. The Hall–Kier alpha value is -0.660. The molecule has 0 radical (unpaired) electrons. The molecular weight excluding hydrogens is 246 g/mol. The zero-order valence-electron chi connectivity index (χ0n) is 9.27. The Morgan fingerprint density at radius 1 is 1.62 bits per heavy atom. The van der Waals surface area contributed by atoms with Crippen LogP contribution >= 0.6 is 23.5 Å². The molecule has 90 valence electrons. The third-order valence-electron chi connectivity index (χ3n) is 1.81. The smallest absolute Gasteiger partial charge is 0.230 e. The highest BCUT2D eigenvalue weighted by Crippen LogP contribution is 2.13. The van der Waals surface area contributed by atoms with E-state index in [0.29, 0.717) is 18.1 Å². The van der Waals surface area contributed by atoms with E-state index in [1.807, 2.05) is 6.92 Å². The second kappa shape index (κ2) is 6.82. The first kappa shape index (κ1) is 13.4. The fourth-order valence-electron chi connectivity index (χ4n) is 0.933. The lowest BCUT2D eigenvalue weighted by Gasteiger charge is -2.06. The molecule has 0 aliphatic rings. The highest BCUT2D eigenvalue weighted by atomic mass is 32.2. The second-order valence-electron chi connectivity index (χ2n) is 3.44. The molecule has 1 amide bonds. The van der Waals surface area contributed by atoms with Gasteiger partial charge < -0.3 is 10.4 Å². The summed E-state index contributed by atoms with van der Waals surface area (Å²) in [6, 6.07) is 0. The Morgan fingerprint density at radius 2 is 2.38 bits per heavy atom. The lowest BCUT2D eigenvalue weighted by Crippen LogP contribution is -2.31. The number of aromatic nitrogens is 2. The Bertz CT molecular complexity index is 341. The Morgan fingerprint density at radius 3 is 2.94 bits per heavy atom. The van der Waals surface area contributed by atoms with Gasteiger partial charge in [-0.15, -0.1) is 11.8 Å². The maximum Gasteiger partial charge on any atom is 0.230 e. The minimum absolute atomic E-state index is 0.0632. The van der Waals surface area contributed by atoms with E-state index in [1.165, 1.54) is 23.5 Å². The van der Waals surface area contributed by atoms with Gasteiger partial charge in [-0.25, -0.2) is 0 Å². The van der Waals surface area contributed by atoms with Crippen molar-refractivity contribution in [2.45, 2.75) is 25.7 Å². The number of aliphatic hydroxyl groups excluding tert-OH is 1. The van der Waals surface area contributed by atoms with Crippen molar-refractivity contribution in [2.24, 2.45) is 0 Å². The van der Waals surface area contributed by atoms with Crippen LogP contribution in [0.1, 0.15) is 18.3 Å². The van der Waals surface area contributed by atoms with E-state index < -0.39 is 6.10 Å². The summed E-state index contributed by atoms with van der Waals surface area (Å²) in [6.07, 6.45) is -0.501. The maximum atomic E-state index is 11.3. The van der Waals surface area contributed by atoms with Crippen molar-refractivity contribution < 1.29 is 9.90 Å². The van der Waals surface area contributed by atoms with Crippen LogP contribution in [-0.4, -0.2) is 38.2 Å². The molecule has 0 aliphatic carbocycles. The van der Waals surface area contributed by atoms with Gasteiger partial charge in [0.05, 0.1) is 35.0 Å². The Balaban J connectivity index is 2.16. The molecule has 1 aromatic heterocycles. The van der Waals surface area contributed by atoms with Crippen LogP contribution in [0.4, 0.5) is 0 Å². The molecule has 1 unspecified atom stereocenters. The van der Waals surface area contributed by atoms with Gasteiger partial charge in [-0.05, 0) is 13.8 Å². The van der Waals surface area contributed by atoms with E-state index in [0.717, 1.165) is 11.4 Å². The van der Waals surface area contributed by atoms with Gasteiger partial charge in [0.2, 0.25) is 5.91 Å². The quantitative estimate of drug-likeness (QED) is 0.783. The maximum absolute atomic E-state index is 11.3. The van der Waals surface area contributed by atoms with Crippen LogP contribution in [0, 0.1) is 6.92 Å². The van der Waals surface area contributed by atoms with Crippen LogP contribution < -0.4 is 5.32 Å². The van der Waals surface area contributed by atoms with Gasteiger partial charge in [-0.1, -0.05) is 0 Å². The van der Waals surface area contributed by atoms with Gasteiger partial charge in [-0.2, -0.15) is 8.75 Å². The molecule has 1 heterocycles. The normalized spacial score (nSPS) is 12.4. The van der Waals surface area contributed by atoms with E-state index in [4.69, 9.17) is 5.11 Å². The molecule has 7 heteroatoms. The van der Waals surface area contributed by atoms with Gasteiger partial charge in [-0.3, -0.25) is 4.79 Å². The first-order valence-corrected chi connectivity index (χ1v) is 6.78. The van der Waals surface area contributed by atoms with E-state index in [9.17, 15) is 4.79 Å². The minimum atomic E-state index is -0.501. The molecule has 0 spiro atoms. The summed E-state index contributed by atoms with van der Waals surface area (Å²) >= 11 is 2.69. The summed E-state index contributed by atoms with van der Waals surface area (Å²) in [4.78, 5) is 11.3. The van der Waals surface area contributed by atoms with Crippen molar-refractivity contribution in [1.82, 2.24) is 14.1 Å². The van der Waals surface area contributed by atoms with Gasteiger partial charge in [0.25, 0.3) is 0 Å². The molecule has 5 nitrogen and oxygen atoms in total. The predicted octanol–water partition coefficient (Wildman–Crippen LogP) is 0.577. The molecule has 0 aliphatic heterocycles. The monoisotopic (exact) mass is 261 g/mol. The van der Waals surface area contributed by atoms with E-state index in [2.05, 4.69) is 14.1 Å². The van der Waals surface area contributed by atoms with Gasteiger partial charge >= 0.3 is 0 Å². The largest absolute Gasteiger partial charge is 0.392 e. The Kier molecular flexibility index (Phi) is 5.72. The molecule has 2 N–H and O–H groups in total. The van der Waals surface area contributed by atoms with E-state index >= 15 is 0 Å². The average Bonchev–Trinajstić information content (AvgIpc) is 2.61. The highest BCUT2D eigenvalue weighted by molar-refractivity contribution is 7.99. The topological polar surface area (TPSA) is 75.1 Å². The predicted molar refractivity (Wildman–Crippen MR) is 65.5 cm³/mol. The molecule has 0 bridgehead atoms. The number of nitrogens with one attached hydrogen (secondary N) is 1. The van der Waals surface area contributed by atoms with Crippen molar-refractivity contribution in [3.8, 4) is 0 Å². The number of carbonyl (C=O) groups excluding carboxylic acids is 1. The molecule has 1 aromatic rings. The molecule has 1 atom stereocenters. The third-order valence-corrected chi connectivity index (χ3v) is 3.41. The van der Waals surface area contributed by atoms with Crippen molar-refractivity contribution in [3.63, 3.8) is 0 Å². The van der Waals surface area contributed by atoms with Crippen molar-refractivity contribution >= 4 is 29.4 Å². The number of aliphatic hydroxyl groups is 1. The first-order valence-electron chi connectivity index (χ1n) is 4.90. The summed E-state index contributed by atoms with van der Waals surface area (Å²) in [5.74, 6) is 1.01. The minimum Gasteiger partial charge on any atom is -0.392 e. The summed E-state index contributed by atoms with van der Waals surface area (Å²) in [7, 11) is 0.